The molecule has 0 bridgehead atoms. The fourth-order valence-electron chi connectivity index (χ4n) is 1.41. The Bertz CT molecular complexity index is 737. The van der Waals surface area contributed by atoms with Crippen LogP contribution < -0.4 is 4.74 Å². The molecule has 0 saturated carbocycles. The van der Waals surface area contributed by atoms with E-state index in [0.717, 1.165) is 17.4 Å². The van der Waals surface area contributed by atoms with Gasteiger partial charge in [-0.2, -0.15) is 23.4 Å². The van der Waals surface area contributed by atoms with Crippen LogP contribution in [0.1, 0.15) is 20.8 Å². The van der Waals surface area contributed by atoms with E-state index >= 15 is 0 Å². The van der Waals surface area contributed by atoms with Gasteiger partial charge in [-0.15, -0.1) is 0 Å². The van der Waals surface area contributed by atoms with Crippen LogP contribution in [0.5, 0.6) is 10.9 Å². The van der Waals surface area contributed by atoms with Gasteiger partial charge in [-0.3, -0.25) is 4.79 Å². The summed E-state index contributed by atoms with van der Waals surface area (Å²) in [6, 6.07) is 4.48. The summed E-state index contributed by atoms with van der Waals surface area (Å²) in [7, 11) is 0. The molecule has 21 heavy (non-hydrogen) atoms. The van der Waals surface area contributed by atoms with Crippen molar-refractivity contribution in [3.63, 3.8) is 0 Å². The maximum absolute atomic E-state index is 12.9. The van der Waals surface area contributed by atoms with Gasteiger partial charge >= 0.3 is 6.18 Å². The smallest absolute Gasteiger partial charge is 0.420 e. The monoisotopic (exact) mass is 332 g/mol. The van der Waals surface area contributed by atoms with Crippen LogP contribution in [0.4, 0.5) is 13.2 Å². The second-order valence-electron chi connectivity index (χ2n) is 3.68. The molecule has 1 aromatic carbocycles. The zero-order valence-electron chi connectivity index (χ0n) is 9.94. The SMILES string of the molecule is N#Cc1ccc(Oc2nc(Cl)c(C=O)s2)c(C(F)(F)F)c1. The molecular weight excluding hydrogens is 329 g/mol. The molecule has 0 aliphatic carbocycles. The maximum Gasteiger partial charge on any atom is 0.420 e. The van der Waals surface area contributed by atoms with Crippen LogP contribution in [0.2, 0.25) is 5.15 Å². The third-order valence-electron chi connectivity index (χ3n) is 2.31. The number of benzene rings is 1. The van der Waals surface area contributed by atoms with Gasteiger partial charge in [-0.25, -0.2) is 0 Å². The molecule has 0 atom stereocenters. The summed E-state index contributed by atoms with van der Waals surface area (Å²) >= 11 is 6.33. The predicted octanol–water partition coefficient (Wildman–Crippen LogP) is 4.29. The van der Waals surface area contributed by atoms with Gasteiger partial charge in [0.05, 0.1) is 17.2 Å². The van der Waals surface area contributed by atoms with E-state index in [9.17, 15) is 18.0 Å². The Balaban J connectivity index is 2.44. The van der Waals surface area contributed by atoms with Gasteiger partial charge < -0.3 is 4.74 Å². The average Bonchev–Trinajstić information content (AvgIpc) is 2.78. The Labute approximate surface area is 125 Å². The third kappa shape index (κ3) is 3.32. The number of hydrogen-bond acceptors (Lipinski definition) is 5. The van der Waals surface area contributed by atoms with Crippen molar-refractivity contribution < 1.29 is 22.7 Å². The molecule has 0 radical (unpaired) electrons. The number of alkyl halides is 3. The molecule has 0 fully saturated rings. The zero-order valence-corrected chi connectivity index (χ0v) is 11.5. The van der Waals surface area contributed by atoms with Crippen molar-refractivity contribution in [1.82, 2.24) is 4.98 Å². The van der Waals surface area contributed by atoms with Gasteiger partial charge in [-0.1, -0.05) is 22.9 Å². The zero-order chi connectivity index (χ0) is 15.6. The summed E-state index contributed by atoms with van der Waals surface area (Å²) in [6.07, 6.45) is -4.27. The third-order valence-corrected chi connectivity index (χ3v) is 3.57. The van der Waals surface area contributed by atoms with Gasteiger partial charge in [0.15, 0.2) is 11.4 Å². The van der Waals surface area contributed by atoms with Crippen molar-refractivity contribution in [2.24, 2.45) is 0 Å². The summed E-state index contributed by atoms with van der Waals surface area (Å²) in [5, 5.41) is 8.31. The lowest BCUT2D eigenvalue weighted by Crippen LogP contribution is -2.07. The van der Waals surface area contributed by atoms with Gasteiger partial charge in [0.2, 0.25) is 0 Å². The number of rotatable bonds is 3. The first-order valence-electron chi connectivity index (χ1n) is 5.26. The Hall–Kier alpha value is -2.11. The minimum Gasteiger partial charge on any atom is -0.430 e. The average molecular weight is 333 g/mol. The summed E-state index contributed by atoms with van der Waals surface area (Å²) in [6.45, 7) is 0. The van der Waals surface area contributed by atoms with E-state index in [-0.39, 0.29) is 20.8 Å². The van der Waals surface area contributed by atoms with Crippen LogP contribution in [0.25, 0.3) is 0 Å². The van der Waals surface area contributed by atoms with Crippen LogP contribution in [-0.2, 0) is 6.18 Å². The highest BCUT2D eigenvalue weighted by Crippen LogP contribution is 2.40. The molecule has 9 heteroatoms. The maximum atomic E-state index is 12.9. The topological polar surface area (TPSA) is 63.0 Å². The van der Waals surface area contributed by atoms with E-state index in [0.29, 0.717) is 12.4 Å². The Morgan fingerprint density at radius 3 is 2.67 bits per heavy atom. The van der Waals surface area contributed by atoms with Crippen molar-refractivity contribution in [1.29, 1.82) is 5.26 Å². The van der Waals surface area contributed by atoms with E-state index in [1.165, 1.54) is 6.07 Å². The Morgan fingerprint density at radius 1 is 1.43 bits per heavy atom. The number of nitriles is 1. The molecule has 0 amide bonds. The molecule has 0 N–H and O–H groups in total. The van der Waals surface area contributed by atoms with Crippen LogP contribution in [0.3, 0.4) is 0 Å². The fraction of sp³-hybridized carbons (Fsp3) is 0.0833. The summed E-state index contributed by atoms with van der Waals surface area (Å²) in [5.74, 6) is -0.524. The highest BCUT2D eigenvalue weighted by atomic mass is 35.5. The predicted molar refractivity (Wildman–Crippen MR) is 68.7 cm³/mol. The molecule has 0 saturated heterocycles. The summed E-state index contributed by atoms with van der Waals surface area (Å²) in [5.41, 5.74) is -1.26. The minimum atomic E-state index is -4.70. The van der Waals surface area contributed by atoms with Crippen molar-refractivity contribution in [3.8, 4) is 17.0 Å². The number of thiazole rings is 1. The van der Waals surface area contributed by atoms with E-state index in [1.54, 1.807) is 6.07 Å². The molecule has 108 valence electrons. The number of halogens is 4. The first kappa shape index (κ1) is 15.3. The first-order valence-corrected chi connectivity index (χ1v) is 6.45. The van der Waals surface area contributed by atoms with Crippen LogP contribution in [0, 0.1) is 11.3 Å². The van der Waals surface area contributed by atoms with Crippen molar-refractivity contribution in [3.05, 3.63) is 39.4 Å². The van der Waals surface area contributed by atoms with Crippen LogP contribution in [-0.4, -0.2) is 11.3 Å². The Kier molecular flexibility index (Phi) is 4.16. The molecule has 0 spiro atoms. The number of carbonyl (C=O) groups excluding carboxylic acids is 1. The lowest BCUT2D eigenvalue weighted by atomic mass is 10.1. The van der Waals surface area contributed by atoms with Gasteiger partial charge in [0.25, 0.3) is 5.19 Å². The molecular formula is C12H4ClF3N2O2S. The number of aromatic nitrogens is 1. The Morgan fingerprint density at radius 2 is 2.14 bits per heavy atom. The normalized spacial score (nSPS) is 11.0. The molecule has 0 aliphatic heterocycles. The number of nitrogens with zero attached hydrogens (tertiary/aromatic N) is 2. The minimum absolute atomic E-state index is 0.0499. The summed E-state index contributed by atoms with van der Waals surface area (Å²) in [4.78, 5) is 14.3. The molecule has 2 aromatic rings. The second-order valence-corrected chi connectivity index (χ2v) is 5.03. The van der Waals surface area contributed by atoms with Crippen LogP contribution in [0.15, 0.2) is 18.2 Å². The van der Waals surface area contributed by atoms with Crippen molar-refractivity contribution >= 4 is 29.2 Å². The fourth-order valence-corrected chi connectivity index (χ4v) is 2.34. The van der Waals surface area contributed by atoms with E-state index in [4.69, 9.17) is 21.6 Å². The number of hydrogen-bond donors (Lipinski definition) is 0. The van der Waals surface area contributed by atoms with Crippen molar-refractivity contribution in [2.75, 3.05) is 0 Å². The highest BCUT2D eigenvalue weighted by molar-refractivity contribution is 7.15. The van der Waals surface area contributed by atoms with Gasteiger partial charge in [-0.05, 0) is 18.2 Å². The molecule has 1 aromatic heterocycles. The molecule has 0 unspecified atom stereocenters. The quantitative estimate of drug-likeness (QED) is 0.786. The molecule has 4 nitrogen and oxygen atoms in total. The molecule has 2 rings (SSSR count). The van der Waals surface area contributed by atoms with E-state index in [1.807, 2.05) is 0 Å². The second kappa shape index (κ2) is 5.71. The van der Waals surface area contributed by atoms with Gasteiger partial charge in [0.1, 0.15) is 10.6 Å². The number of ether oxygens (including phenoxy) is 1. The number of aldehydes is 1. The van der Waals surface area contributed by atoms with Crippen molar-refractivity contribution in [2.45, 2.75) is 6.18 Å². The lowest BCUT2D eigenvalue weighted by Gasteiger charge is -2.12. The standard InChI is InChI=1S/C12H4ClF3N2O2S/c13-10-9(5-19)21-11(18-10)20-8-2-1-6(4-17)3-7(8)12(14,15)16/h1-3,5H. The van der Waals surface area contributed by atoms with Gasteiger partial charge in [0, 0.05) is 0 Å². The highest BCUT2D eigenvalue weighted by Gasteiger charge is 2.35. The summed E-state index contributed by atoms with van der Waals surface area (Å²) < 4.78 is 43.8. The lowest BCUT2D eigenvalue weighted by molar-refractivity contribution is -0.138. The largest absolute Gasteiger partial charge is 0.430 e. The molecule has 0 aliphatic rings. The van der Waals surface area contributed by atoms with E-state index in [2.05, 4.69) is 4.98 Å². The molecule has 1 heterocycles. The first-order chi connectivity index (χ1) is 9.85. The van der Waals surface area contributed by atoms with E-state index < -0.39 is 17.5 Å². The number of carbonyl (C=O) groups is 1. The van der Waals surface area contributed by atoms with Crippen LogP contribution >= 0.6 is 22.9 Å².